The molecule has 0 aliphatic carbocycles. The van der Waals surface area contributed by atoms with E-state index in [2.05, 4.69) is 4.74 Å². The van der Waals surface area contributed by atoms with Crippen LogP contribution in [0.1, 0.15) is 27.0 Å². The van der Waals surface area contributed by atoms with E-state index in [1.807, 2.05) is 4.90 Å². The van der Waals surface area contributed by atoms with Gasteiger partial charge < -0.3 is 19.3 Å². The first-order chi connectivity index (χ1) is 14.8. The van der Waals surface area contributed by atoms with Crippen molar-refractivity contribution in [1.82, 2.24) is 9.80 Å². The summed E-state index contributed by atoms with van der Waals surface area (Å²) in [6, 6.07) is 7.02. The molecule has 0 spiro atoms. The summed E-state index contributed by atoms with van der Waals surface area (Å²) in [5.41, 5.74) is -0.885. The number of nitrogens with zero attached hydrogens (tertiary/aromatic N) is 2. The SMILES string of the molecule is CN(C)CCOc1cc2c(c(C(F)(F)F)c1)C(=O)N(Cc1ccc(OC(F)(F)F)cc1)C2. The van der Waals surface area contributed by atoms with E-state index in [1.54, 1.807) is 14.1 Å². The van der Waals surface area contributed by atoms with Gasteiger partial charge in [0.1, 0.15) is 18.1 Å². The van der Waals surface area contributed by atoms with Gasteiger partial charge in [0, 0.05) is 19.6 Å². The standard InChI is InChI=1S/C21H20F6N2O3/c1-28(2)7-8-31-16-9-14-12-29(19(30)18(14)17(10-16)20(22,23)24)11-13-3-5-15(6-4-13)32-21(25,26)27/h3-6,9-10H,7-8,11-12H2,1-2H3. The molecule has 0 aromatic heterocycles. The zero-order valence-corrected chi connectivity index (χ0v) is 17.2. The van der Waals surface area contributed by atoms with Crippen molar-refractivity contribution >= 4 is 5.91 Å². The maximum atomic E-state index is 13.6. The lowest BCUT2D eigenvalue weighted by Gasteiger charge is -2.17. The number of hydrogen-bond donors (Lipinski definition) is 0. The molecule has 1 aliphatic rings. The molecule has 1 heterocycles. The van der Waals surface area contributed by atoms with Crippen LogP contribution in [-0.2, 0) is 19.3 Å². The van der Waals surface area contributed by atoms with Crippen LogP contribution in [0.25, 0.3) is 0 Å². The first-order valence-corrected chi connectivity index (χ1v) is 9.49. The molecule has 0 fully saturated rings. The van der Waals surface area contributed by atoms with Gasteiger partial charge in [-0.15, -0.1) is 13.2 Å². The van der Waals surface area contributed by atoms with E-state index in [0.29, 0.717) is 12.1 Å². The summed E-state index contributed by atoms with van der Waals surface area (Å²) in [4.78, 5) is 15.8. The van der Waals surface area contributed by atoms with Crippen LogP contribution in [0.3, 0.4) is 0 Å². The Hall–Kier alpha value is -2.95. The highest BCUT2D eigenvalue weighted by Crippen LogP contribution is 2.40. The van der Waals surface area contributed by atoms with Gasteiger partial charge in [0.2, 0.25) is 0 Å². The molecule has 11 heteroatoms. The number of benzene rings is 2. The molecule has 2 aromatic carbocycles. The Morgan fingerprint density at radius 2 is 1.66 bits per heavy atom. The fourth-order valence-electron chi connectivity index (χ4n) is 3.28. The second-order valence-electron chi connectivity index (χ2n) is 7.51. The van der Waals surface area contributed by atoms with Crippen LogP contribution in [0.15, 0.2) is 36.4 Å². The number of ether oxygens (including phenoxy) is 2. The number of halogens is 6. The van der Waals surface area contributed by atoms with Crippen molar-refractivity contribution in [2.24, 2.45) is 0 Å². The number of fused-ring (bicyclic) bond motifs is 1. The van der Waals surface area contributed by atoms with E-state index in [1.165, 1.54) is 23.1 Å². The van der Waals surface area contributed by atoms with Gasteiger partial charge in [0.05, 0.1) is 11.1 Å². The molecule has 0 saturated heterocycles. The van der Waals surface area contributed by atoms with Crippen LogP contribution >= 0.6 is 0 Å². The Morgan fingerprint density at radius 1 is 1.00 bits per heavy atom. The molecule has 32 heavy (non-hydrogen) atoms. The normalized spacial score (nSPS) is 14.2. The molecule has 0 bridgehead atoms. The first kappa shape index (κ1) is 23.7. The number of rotatable bonds is 7. The molecule has 2 aromatic rings. The summed E-state index contributed by atoms with van der Waals surface area (Å²) in [6.07, 6.45) is -9.60. The molecule has 1 aliphatic heterocycles. The van der Waals surface area contributed by atoms with Crippen molar-refractivity contribution in [3.8, 4) is 11.5 Å². The number of alkyl halides is 6. The highest BCUT2D eigenvalue weighted by Gasteiger charge is 2.41. The summed E-state index contributed by atoms with van der Waals surface area (Å²) < 4.78 is 87.0. The summed E-state index contributed by atoms with van der Waals surface area (Å²) in [5, 5.41) is 0. The molecule has 0 atom stereocenters. The molecule has 0 unspecified atom stereocenters. The minimum absolute atomic E-state index is 0.0150. The van der Waals surface area contributed by atoms with Gasteiger partial charge in [0.25, 0.3) is 5.91 Å². The van der Waals surface area contributed by atoms with Crippen LogP contribution in [0.4, 0.5) is 26.3 Å². The van der Waals surface area contributed by atoms with Crippen LogP contribution in [-0.4, -0.2) is 49.3 Å². The fraction of sp³-hybridized carbons (Fsp3) is 0.381. The average Bonchev–Trinajstić information content (AvgIpc) is 2.96. The predicted octanol–water partition coefficient (Wildman–Crippen LogP) is 4.70. The van der Waals surface area contributed by atoms with Gasteiger partial charge in [-0.25, -0.2) is 0 Å². The highest BCUT2D eigenvalue weighted by molar-refractivity contribution is 6.00. The Bertz CT molecular complexity index is 971. The van der Waals surface area contributed by atoms with Crippen molar-refractivity contribution < 1.29 is 40.6 Å². The first-order valence-electron chi connectivity index (χ1n) is 9.49. The molecule has 5 nitrogen and oxygen atoms in total. The monoisotopic (exact) mass is 462 g/mol. The van der Waals surface area contributed by atoms with Crippen molar-refractivity contribution in [2.75, 3.05) is 27.2 Å². The molecule has 0 radical (unpaired) electrons. The highest BCUT2D eigenvalue weighted by atomic mass is 19.4. The summed E-state index contributed by atoms with van der Waals surface area (Å²) in [5.74, 6) is -1.22. The summed E-state index contributed by atoms with van der Waals surface area (Å²) in [7, 11) is 3.59. The number of hydrogen-bond acceptors (Lipinski definition) is 4. The van der Waals surface area contributed by atoms with Crippen molar-refractivity contribution in [2.45, 2.75) is 25.6 Å². The maximum absolute atomic E-state index is 13.6. The van der Waals surface area contributed by atoms with Crippen molar-refractivity contribution in [1.29, 1.82) is 0 Å². The van der Waals surface area contributed by atoms with E-state index in [-0.39, 0.29) is 31.0 Å². The Balaban J connectivity index is 1.80. The van der Waals surface area contributed by atoms with E-state index in [4.69, 9.17) is 4.74 Å². The summed E-state index contributed by atoms with van der Waals surface area (Å²) >= 11 is 0. The minimum Gasteiger partial charge on any atom is -0.492 e. The van der Waals surface area contributed by atoms with Gasteiger partial charge in [-0.05, 0) is 49.5 Å². The lowest BCUT2D eigenvalue weighted by Crippen LogP contribution is -2.24. The van der Waals surface area contributed by atoms with Gasteiger partial charge >= 0.3 is 12.5 Å². The lowest BCUT2D eigenvalue weighted by atomic mass is 10.0. The third-order valence-corrected chi connectivity index (χ3v) is 4.70. The largest absolute Gasteiger partial charge is 0.573 e. The molecule has 0 saturated carbocycles. The molecule has 174 valence electrons. The fourth-order valence-corrected chi connectivity index (χ4v) is 3.28. The van der Waals surface area contributed by atoms with Gasteiger partial charge in [-0.1, -0.05) is 12.1 Å². The second-order valence-corrected chi connectivity index (χ2v) is 7.51. The Labute approximate surface area is 180 Å². The van der Waals surface area contributed by atoms with E-state index in [9.17, 15) is 31.1 Å². The maximum Gasteiger partial charge on any atom is 0.573 e. The predicted molar refractivity (Wildman–Crippen MR) is 102 cm³/mol. The zero-order chi connectivity index (χ0) is 23.7. The third kappa shape index (κ3) is 5.84. The lowest BCUT2D eigenvalue weighted by molar-refractivity contribution is -0.274. The number of amides is 1. The number of likely N-dealkylation sites (N-methyl/N-ethyl adjacent to an activating group) is 1. The van der Waals surface area contributed by atoms with Crippen molar-refractivity contribution in [3.05, 3.63) is 58.7 Å². The van der Waals surface area contributed by atoms with E-state index in [0.717, 1.165) is 18.2 Å². The zero-order valence-electron chi connectivity index (χ0n) is 17.2. The van der Waals surface area contributed by atoms with Gasteiger partial charge in [-0.3, -0.25) is 4.79 Å². The van der Waals surface area contributed by atoms with E-state index >= 15 is 0 Å². The van der Waals surface area contributed by atoms with E-state index < -0.39 is 35.3 Å². The van der Waals surface area contributed by atoms with Crippen LogP contribution in [0.2, 0.25) is 0 Å². The summed E-state index contributed by atoms with van der Waals surface area (Å²) in [6.45, 7) is 0.515. The third-order valence-electron chi connectivity index (χ3n) is 4.70. The average molecular weight is 462 g/mol. The Kier molecular flexibility index (Phi) is 6.59. The van der Waals surface area contributed by atoms with Crippen LogP contribution in [0.5, 0.6) is 11.5 Å². The number of carbonyl (C=O) groups excluding carboxylic acids is 1. The molecular formula is C21H20F6N2O3. The molecular weight excluding hydrogens is 442 g/mol. The number of carbonyl (C=O) groups is 1. The van der Waals surface area contributed by atoms with Gasteiger partial charge in [0.15, 0.2) is 0 Å². The smallest absolute Gasteiger partial charge is 0.492 e. The van der Waals surface area contributed by atoms with Crippen LogP contribution in [0, 0.1) is 0 Å². The van der Waals surface area contributed by atoms with Crippen molar-refractivity contribution in [3.63, 3.8) is 0 Å². The van der Waals surface area contributed by atoms with Gasteiger partial charge in [-0.2, -0.15) is 13.2 Å². The molecule has 0 N–H and O–H groups in total. The molecule has 3 rings (SSSR count). The molecule has 1 amide bonds. The van der Waals surface area contributed by atoms with Crippen LogP contribution < -0.4 is 9.47 Å². The Morgan fingerprint density at radius 3 is 2.22 bits per heavy atom. The quantitative estimate of drug-likeness (QED) is 0.560. The topological polar surface area (TPSA) is 42.0 Å². The second kappa shape index (κ2) is 8.89. The minimum atomic E-state index is -4.84.